The summed E-state index contributed by atoms with van der Waals surface area (Å²) in [5.41, 5.74) is 1.45. The minimum atomic E-state index is -3.92. The van der Waals surface area contributed by atoms with Gasteiger partial charge in [-0.3, -0.25) is 0 Å². The third-order valence-corrected chi connectivity index (χ3v) is 3.64. The normalized spacial score (nSPS) is 11.7. The van der Waals surface area contributed by atoms with E-state index in [1.807, 2.05) is 30.3 Å². The molecule has 2 aromatic heterocycles. The first-order chi connectivity index (χ1) is 9.54. The summed E-state index contributed by atoms with van der Waals surface area (Å²) in [6.07, 6.45) is 3.24. The summed E-state index contributed by atoms with van der Waals surface area (Å²) in [5, 5.41) is 9.87. The maximum Gasteiger partial charge on any atom is 0.296 e. The van der Waals surface area contributed by atoms with Crippen LogP contribution in [0.3, 0.4) is 0 Å². The lowest BCUT2D eigenvalue weighted by atomic mass is 10.3. The number of hydrogen-bond donors (Lipinski definition) is 1. The van der Waals surface area contributed by atoms with Gasteiger partial charge in [0.25, 0.3) is 14.2 Å². The zero-order valence-electron chi connectivity index (χ0n) is 9.93. The van der Waals surface area contributed by atoms with Crippen LogP contribution < -0.4 is 0 Å². The Morgan fingerprint density at radius 3 is 2.60 bits per heavy atom. The lowest BCUT2D eigenvalue weighted by Gasteiger charge is -1.98. The predicted octanol–water partition coefficient (Wildman–Crippen LogP) is 1.58. The van der Waals surface area contributed by atoms with E-state index in [0.29, 0.717) is 5.56 Å². The molecule has 9 heteroatoms. The van der Waals surface area contributed by atoms with Crippen molar-refractivity contribution in [2.45, 2.75) is 5.16 Å². The molecule has 2 heterocycles. The molecule has 0 unspecified atom stereocenters. The van der Waals surface area contributed by atoms with Gasteiger partial charge in [0, 0.05) is 16.9 Å². The second kappa shape index (κ2) is 4.73. The molecule has 20 heavy (non-hydrogen) atoms. The molecule has 0 spiro atoms. The first kappa shape index (κ1) is 12.8. The van der Waals surface area contributed by atoms with Gasteiger partial charge in [-0.25, -0.2) is 18.2 Å². The summed E-state index contributed by atoms with van der Waals surface area (Å²) >= 11 is 0. The van der Waals surface area contributed by atoms with Gasteiger partial charge in [-0.1, -0.05) is 18.2 Å². The smallest absolute Gasteiger partial charge is 0.248 e. The van der Waals surface area contributed by atoms with Crippen LogP contribution in [0.4, 0.5) is 0 Å². The highest BCUT2D eigenvalue weighted by Crippen LogP contribution is 2.18. The minimum absolute atomic E-state index is 0.214. The Bertz CT molecular complexity index is 841. The lowest BCUT2D eigenvalue weighted by molar-refractivity contribution is 0.602. The second-order valence-electron chi connectivity index (χ2n) is 3.91. The summed E-state index contributed by atoms with van der Waals surface area (Å²) in [7, 11) is 1.26. The van der Waals surface area contributed by atoms with Gasteiger partial charge in [0.1, 0.15) is 0 Å². The van der Waals surface area contributed by atoms with E-state index in [9.17, 15) is 8.42 Å². The summed E-state index contributed by atoms with van der Waals surface area (Å²) in [6.45, 7) is 0. The van der Waals surface area contributed by atoms with Crippen molar-refractivity contribution in [3.63, 3.8) is 0 Å². The summed E-state index contributed by atoms with van der Waals surface area (Å²) in [4.78, 5) is 3.82. The maximum atomic E-state index is 11.1. The third kappa shape index (κ3) is 2.43. The van der Waals surface area contributed by atoms with E-state index < -0.39 is 9.05 Å². The summed E-state index contributed by atoms with van der Waals surface area (Å²) < 4.78 is 23.9. The SMILES string of the molecule is O=S(=O)(Cl)c1nc(-c2cnn(-c3ccccc3)c2)n[nH]1. The average molecular weight is 310 g/mol. The van der Waals surface area contributed by atoms with Crippen molar-refractivity contribution in [2.24, 2.45) is 0 Å². The highest BCUT2D eigenvalue weighted by atomic mass is 35.7. The Kier molecular flexibility index (Phi) is 3.03. The van der Waals surface area contributed by atoms with Gasteiger partial charge in [0.2, 0.25) is 0 Å². The van der Waals surface area contributed by atoms with Crippen LogP contribution in [0.25, 0.3) is 17.1 Å². The van der Waals surface area contributed by atoms with E-state index in [-0.39, 0.29) is 11.0 Å². The number of benzene rings is 1. The number of nitrogens with one attached hydrogen (secondary N) is 1. The molecule has 0 saturated carbocycles. The standard InChI is InChI=1S/C11H8ClN5O2S/c12-20(18,19)11-14-10(15-16-11)8-6-13-17(7-8)9-4-2-1-3-5-9/h1-7H,(H,14,15,16). The van der Waals surface area contributed by atoms with E-state index in [1.54, 1.807) is 17.1 Å². The van der Waals surface area contributed by atoms with E-state index in [1.165, 1.54) is 0 Å². The summed E-state index contributed by atoms with van der Waals surface area (Å²) in [6, 6.07) is 9.47. The number of nitrogens with zero attached hydrogens (tertiary/aromatic N) is 4. The van der Waals surface area contributed by atoms with Crippen molar-refractivity contribution < 1.29 is 8.42 Å². The number of aromatic amines is 1. The number of rotatable bonds is 3. The lowest BCUT2D eigenvalue weighted by Crippen LogP contribution is -1.93. The fourth-order valence-electron chi connectivity index (χ4n) is 1.65. The molecule has 0 radical (unpaired) electrons. The molecule has 1 N–H and O–H groups in total. The monoisotopic (exact) mass is 309 g/mol. The van der Waals surface area contributed by atoms with Gasteiger partial charge in [-0.15, -0.1) is 0 Å². The van der Waals surface area contributed by atoms with Crippen molar-refractivity contribution in [1.82, 2.24) is 25.0 Å². The molecular formula is C11H8ClN5O2S. The Morgan fingerprint density at radius 1 is 1.20 bits per heavy atom. The highest BCUT2D eigenvalue weighted by Gasteiger charge is 2.17. The molecule has 0 atom stereocenters. The van der Waals surface area contributed by atoms with Gasteiger partial charge < -0.3 is 0 Å². The summed E-state index contributed by atoms with van der Waals surface area (Å²) in [5.74, 6) is 0.214. The van der Waals surface area contributed by atoms with Gasteiger partial charge >= 0.3 is 0 Å². The molecule has 3 rings (SSSR count). The Balaban J connectivity index is 1.97. The molecule has 0 amide bonds. The molecule has 0 saturated heterocycles. The third-order valence-electron chi connectivity index (χ3n) is 2.56. The van der Waals surface area contributed by atoms with E-state index in [4.69, 9.17) is 10.7 Å². The molecule has 0 aliphatic rings. The van der Waals surface area contributed by atoms with E-state index >= 15 is 0 Å². The number of halogens is 1. The second-order valence-corrected chi connectivity index (χ2v) is 6.39. The quantitative estimate of drug-likeness (QED) is 0.741. The van der Waals surface area contributed by atoms with Crippen LogP contribution in [0.15, 0.2) is 47.9 Å². The predicted molar refractivity (Wildman–Crippen MR) is 72.0 cm³/mol. The molecule has 0 aliphatic carbocycles. The van der Waals surface area contributed by atoms with Crippen LogP contribution in [-0.4, -0.2) is 33.4 Å². The first-order valence-electron chi connectivity index (χ1n) is 5.51. The zero-order chi connectivity index (χ0) is 14.2. The fourth-order valence-corrected chi connectivity index (χ4v) is 2.20. The van der Waals surface area contributed by atoms with Crippen LogP contribution in [0.1, 0.15) is 0 Å². The Hall–Kier alpha value is -2.19. The molecule has 0 aliphatic heterocycles. The molecule has 102 valence electrons. The molecule has 0 fully saturated rings. The molecule has 3 aromatic rings. The number of hydrogen-bond acceptors (Lipinski definition) is 5. The van der Waals surface area contributed by atoms with E-state index in [2.05, 4.69) is 20.3 Å². The molecular weight excluding hydrogens is 302 g/mol. The van der Waals surface area contributed by atoms with Crippen LogP contribution in [0.5, 0.6) is 0 Å². The number of para-hydroxylation sites is 1. The largest absolute Gasteiger partial charge is 0.296 e. The van der Waals surface area contributed by atoms with Gasteiger partial charge in [-0.2, -0.15) is 15.2 Å². The van der Waals surface area contributed by atoms with E-state index in [0.717, 1.165) is 5.69 Å². The Morgan fingerprint density at radius 2 is 1.95 bits per heavy atom. The average Bonchev–Trinajstić information content (AvgIpc) is 3.08. The fraction of sp³-hybridized carbons (Fsp3) is 0. The van der Waals surface area contributed by atoms with Crippen LogP contribution in [0, 0.1) is 0 Å². The van der Waals surface area contributed by atoms with Crippen molar-refractivity contribution >= 4 is 19.7 Å². The van der Waals surface area contributed by atoms with Gasteiger partial charge in [-0.05, 0) is 12.1 Å². The zero-order valence-corrected chi connectivity index (χ0v) is 11.5. The van der Waals surface area contributed by atoms with Crippen LogP contribution >= 0.6 is 10.7 Å². The highest BCUT2D eigenvalue weighted by molar-refractivity contribution is 8.13. The molecule has 7 nitrogen and oxygen atoms in total. The minimum Gasteiger partial charge on any atom is -0.248 e. The maximum absolute atomic E-state index is 11.1. The van der Waals surface area contributed by atoms with Gasteiger partial charge in [0.05, 0.1) is 17.4 Å². The molecule has 0 bridgehead atoms. The van der Waals surface area contributed by atoms with Crippen LogP contribution in [-0.2, 0) is 9.05 Å². The van der Waals surface area contributed by atoms with Crippen molar-refractivity contribution in [3.05, 3.63) is 42.7 Å². The van der Waals surface area contributed by atoms with Crippen molar-refractivity contribution in [3.8, 4) is 17.1 Å². The van der Waals surface area contributed by atoms with Crippen LogP contribution in [0.2, 0.25) is 0 Å². The number of aromatic nitrogens is 5. The molecule has 1 aromatic carbocycles. The van der Waals surface area contributed by atoms with Gasteiger partial charge in [0.15, 0.2) is 5.82 Å². The van der Waals surface area contributed by atoms with Crippen molar-refractivity contribution in [1.29, 1.82) is 0 Å². The Labute approximate surface area is 118 Å². The topological polar surface area (TPSA) is 93.5 Å². The first-order valence-corrected chi connectivity index (χ1v) is 7.82. The number of H-pyrrole nitrogens is 1. The van der Waals surface area contributed by atoms with Crippen molar-refractivity contribution in [2.75, 3.05) is 0 Å².